The van der Waals surface area contributed by atoms with E-state index >= 15 is 0 Å². The molecule has 0 heterocycles. The van der Waals surface area contributed by atoms with Crippen LogP contribution in [0.25, 0.3) is 10.8 Å². The Kier molecular flexibility index (Phi) is 3.99. The Hall–Kier alpha value is -1.54. The number of fused-ring (bicyclic) bond motifs is 1. The van der Waals surface area contributed by atoms with Gasteiger partial charge in [-0.3, -0.25) is 0 Å². The predicted molar refractivity (Wildman–Crippen MR) is 72.3 cm³/mol. The standard InChI is InChI=1S/C15H19NO/c1-2-14(9-10-16)17-15-8-7-12-5-3-4-6-13(12)11-15/h3-8,11,14H,2,9-10,16H2,1H3. The third-order valence-electron chi connectivity index (χ3n) is 2.97. The SMILES string of the molecule is CCC(CCN)Oc1ccc2ccccc2c1. The lowest BCUT2D eigenvalue weighted by molar-refractivity contribution is 0.190. The minimum absolute atomic E-state index is 0.223. The van der Waals surface area contributed by atoms with E-state index in [1.54, 1.807) is 0 Å². The van der Waals surface area contributed by atoms with Crippen molar-refractivity contribution in [3.63, 3.8) is 0 Å². The third-order valence-corrected chi connectivity index (χ3v) is 2.97. The highest BCUT2D eigenvalue weighted by atomic mass is 16.5. The maximum Gasteiger partial charge on any atom is 0.120 e. The quantitative estimate of drug-likeness (QED) is 0.853. The van der Waals surface area contributed by atoms with E-state index < -0.39 is 0 Å². The van der Waals surface area contributed by atoms with Crippen molar-refractivity contribution in [2.24, 2.45) is 5.73 Å². The first kappa shape index (κ1) is 11.9. The number of rotatable bonds is 5. The van der Waals surface area contributed by atoms with E-state index in [1.807, 2.05) is 18.2 Å². The molecule has 2 heteroatoms. The molecule has 2 aromatic rings. The monoisotopic (exact) mass is 229 g/mol. The van der Waals surface area contributed by atoms with Crippen LogP contribution in [0.5, 0.6) is 5.75 Å². The van der Waals surface area contributed by atoms with Gasteiger partial charge in [0.2, 0.25) is 0 Å². The predicted octanol–water partition coefficient (Wildman–Crippen LogP) is 3.35. The molecule has 2 N–H and O–H groups in total. The summed E-state index contributed by atoms with van der Waals surface area (Å²) < 4.78 is 5.93. The molecule has 0 aliphatic heterocycles. The second kappa shape index (κ2) is 5.69. The molecule has 0 aromatic heterocycles. The van der Waals surface area contributed by atoms with Crippen LogP contribution in [0, 0.1) is 0 Å². The molecule has 0 spiro atoms. The van der Waals surface area contributed by atoms with Crippen LogP contribution in [0.15, 0.2) is 42.5 Å². The van der Waals surface area contributed by atoms with Crippen LogP contribution in [0.3, 0.4) is 0 Å². The van der Waals surface area contributed by atoms with E-state index in [1.165, 1.54) is 10.8 Å². The normalized spacial score (nSPS) is 12.6. The summed E-state index contributed by atoms with van der Waals surface area (Å²) in [6.07, 6.45) is 2.12. The van der Waals surface area contributed by atoms with E-state index in [4.69, 9.17) is 10.5 Å². The van der Waals surface area contributed by atoms with Crippen molar-refractivity contribution < 1.29 is 4.74 Å². The van der Waals surface area contributed by atoms with Crippen LogP contribution >= 0.6 is 0 Å². The van der Waals surface area contributed by atoms with Crippen LogP contribution in [0.1, 0.15) is 19.8 Å². The van der Waals surface area contributed by atoms with Gasteiger partial charge in [0.1, 0.15) is 5.75 Å². The maximum absolute atomic E-state index is 5.93. The molecular formula is C15H19NO. The van der Waals surface area contributed by atoms with Gasteiger partial charge in [0, 0.05) is 0 Å². The second-order valence-corrected chi connectivity index (χ2v) is 4.23. The molecule has 2 nitrogen and oxygen atoms in total. The van der Waals surface area contributed by atoms with Gasteiger partial charge in [-0.25, -0.2) is 0 Å². The van der Waals surface area contributed by atoms with Gasteiger partial charge < -0.3 is 10.5 Å². The van der Waals surface area contributed by atoms with Gasteiger partial charge in [0.15, 0.2) is 0 Å². The van der Waals surface area contributed by atoms with Crippen LogP contribution in [-0.4, -0.2) is 12.6 Å². The van der Waals surface area contributed by atoms with Crippen molar-refractivity contribution in [2.45, 2.75) is 25.9 Å². The summed E-state index contributed by atoms with van der Waals surface area (Å²) in [6.45, 7) is 2.80. The summed E-state index contributed by atoms with van der Waals surface area (Å²) in [7, 11) is 0. The molecule has 0 saturated carbocycles. The van der Waals surface area contributed by atoms with Gasteiger partial charge in [-0.2, -0.15) is 0 Å². The van der Waals surface area contributed by atoms with Crippen molar-refractivity contribution in [1.82, 2.24) is 0 Å². The summed E-state index contributed by atoms with van der Waals surface area (Å²) in [4.78, 5) is 0. The van der Waals surface area contributed by atoms with Crippen molar-refractivity contribution in [1.29, 1.82) is 0 Å². The first-order chi connectivity index (χ1) is 8.33. The summed E-state index contributed by atoms with van der Waals surface area (Å²) in [5.74, 6) is 0.934. The third kappa shape index (κ3) is 2.98. The first-order valence-electron chi connectivity index (χ1n) is 6.19. The van der Waals surface area contributed by atoms with Crippen molar-refractivity contribution in [3.05, 3.63) is 42.5 Å². The zero-order chi connectivity index (χ0) is 12.1. The largest absolute Gasteiger partial charge is 0.490 e. The lowest BCUT2D eigenvalue weighted by Gasteiger charge is -2.17. The molecule has 0 saturated heterocycles. The average molecular weight is 229 g/mol. The fourth-order valence-electron chi connectivity index (χ4n) is 1.97. The van der Waals surface area contributed by atoms with Gasteiger partial charge in [0.05, 0.1) is 6.10 Å². The minimum Gasteiger partial charge on any atom is -0.490 e. The number of nitrogens with two attached hydrogens (primary N) is 1. The molecule has 1 unspecified atom stereocenters. The Morgan fingerprint density at radius 3 is 2.59 bits per heavy atom. The summed E-state index contributed by atoms with van der Waals surface area (Å²) >= 11 is 0. The Labute approximate surface area is 102 Å². The highest BCUT2D eigenvalue weighted by molar-refractivity contribution is 5.83. The van der Waals surface area contributed by atoms with Gasteiger partial charge >= 0.3 is 0 Å². The lowest BCUT2D eigenvalue weighted by Crippen LogP contribution is -2.19. The number of benzene rings is 2. The van der Waals surface area contributed by atoms with Crippen LogP contribution in [0.2, 0.25) is 0 Å². The van der Waals surface area contributed by atoms with E-state index in [9.17, 15) is 0 Å². The highest BCUT2D eigenvalue weighted by Gasteiger charge is 2.07. The topological polar surface area (TPSA) is 35.2 Å². The minimum atomic E-state index is 0.223. The molecule has 0 aliphatic rings. The highest BCUT2D eigenvalue weighted by Crippen LogP contribution is 2.22. The molecule has 0 amide bonds. The molecule has 90 valence electrons. The molecule has 0 fully saturated rings. The first-order valence-corrected chi connectivity index (χ1v) is 6.19. The number of hydrogen-bond acceptors (Lipinski definition) is 2. The van der Waals surface area contributed by atoms with Crippen molar-refractivity contribution in [3.8, 4) is 5.75 Å². The van der Waals surface area contributed by atoms with Crippen molar-refractivity contribution in [2.75, 3.05) is 6.54 Å². The Morgan fingerprint density at radius 1 is 1.12 bits per heavy atom. The van der Waals surface area contributed by atoms with Gasteiger partial charge in [0.25, 0.3) is 0 Å². The second-order valence-electron chi connectivity index (χ2n) is 4.23. The number of ether oxygens (including phenoxy) is 1. The van der Waals surface area contributed by atoms with Gasteiger partial charge in [-0.05, 0) is 42.3 Å². The molecular weight excluding hydrogens is 210 g/mol. The summed E-state index contributed by atoms with van der Waals surface area (Å²) in [6, 6.07) is 14.5. The molecule has 2 rings (SSSR count). The Morgan fingerprint density at radius 2 is 1.88 bits per heavy atom. The fourth-order valence-corrected chi connectivity index (χ4v) is 1.97. The van der Waals surface area contributed by atoms with Gasteiger partial charge in [-0.15, -0.1) is 0 Å². The van der Waals surface area contributed by atoms with E-state index in [2.05, 4.69) is 31.2 Å². The molecule has 0 radical (unpaired) electrons. The van der Waals surface area contributed by atoms with E-state index in [0.717, 1.165) is 18.6 Å². The Balaban J connectivity index is 2.18. The van der Waals surface area contributed by atoms with Crippen LogP contribution in [0.4, 0.5) is 0 Å². The average Bonchev–Trinajstić information content (AvgIpc) is 2.38. The zero-order valence-electron chi connectivity index (χ0n) is 10.2. The molecule has 17 heavy (non-hydrogen) atoms. The van der Waals surface area contributed by atoms with E-state index in [0.29, 0.717) is 6.54 Å². The zero-order valence-corrected chi connectivity index (χ0v) is 10.2. The molecule has 2 aromatic carbocycles. The van der Waals surface area contributed by atoms with Crippen LogP contribution in [-0.2, 0) is 0 Å². The lowest BCUT2D eigenvalue weighted by atomic mass is 10.1. The number of hydrogen-bond donors (Lipinski definition) is 1. The summed E-state index contributed by atoms with van der Waals surface area (Å²) in [5, 5.41) is 2.46. The van der Waals surface area contributed by atoms with Gasteiger partial charge in [-0.1, -0.05) is 37.3 Å². The molecule has 1 atom stereocenters. The summed E-state index contributed by atoms with van der Waals surface area (Å²) in [5.41, 5.74) is 5.57. The fraction of sp³-hybridized carbons (Fsp3) is 0.333. The van der Waals surface area contributed by atoms with Crippen LogP contribution < -0.4 is 10.5 Å². The van der Waals surface area contributed by atoms with Crippen molar-refractivity contribution >= 4 is 10.8 Å². The van der Waals surface area contributed by atoms with E-state index in [-0.39, 0.29) is 6.10 Å². The Bertz CT molecular complexity index is 481. The molecule has 0 bridgehead atoms. The molecule has 0 aliphatic carbocycles. The smallest absolute Gasteiger partial charge is 0.120 e. The maximum atomic E-state index is 5.93.